The third kappa shape index (κ3) is 5.29. The lowest BCUT2D eigenvalue weighted by atomic mass is 10.0. The molecule has 0 radical (unpaired) electrons. The Morgan fingerprint density at radius 1 is 0.286 bits per heavy atom. The van der Waals surface area contributed by atoms with Crippen LogP contribution in [0.15, 0.2) is 146 Å². The Kier molecular flexibility index (Phi) is 6.76. The molecule has 42 heavy (non-hydrogen) atoms. The van der Waals surface area contributed by atoms with E-state index < -0.39 is 0 Å². The molecule has 0 atom stereocenters. The number of hydrogen-bond acceptors (Lipinski definition) is 6. The van der Waals surface area contributed by atoms with Gasteiger partial charge in [-0.1, -0.05) is 103 Å². The summed E-state index contributed by atoms with van der Waals surface area (Å²) in [5.74, 6) is 1.68. The van der Waals surface area contributed by atoms with Gasteiger partial charge in [0.1, 0.15) is 5.69 Å². The van der Waals surface area contributed by atoms with Crippen molar-refractivity contribution >= 4 is 0 Å². The van der Waals surface area contributed by atoms with Gasteiger partial charge >= 0.3 is 0 Å². The fourth-order valence-electron chi connectivity index (χ4n) is 4.73. The van der Waals surface area contributed by atoms with Gasteiger partial charge in [-0.15, -0.1) is 0 Å². The molecule has 0 fully saturated rings. The molecule has 0 aliphatic heterocycles. The minimum absolute atomic E-state index is 0.494. The van der Waals surface area contributed by atoms with Crippen LogP contribution in [0.4, 0.5) is 0 Å². The molecule has 3 aromatic carbocycles. The van der Waals surface area contributed by atoms with Gasteiger partial charge in [-0.2, -0.15) is 0 Å². The Bertz CT molecular complexity index is 1710. The molecule has 0 aliphatic carbocycles. The molecule has 198 valence electrons. The fraction of sp³-hybridized carbons (Fsp3) is 0. The van der Waals surface area contributed by atoms with Crippen molar-refractivity contribution in [2.24, 2.45) is 0 Å². The SMILES string of the molecule is c1ccc(-c2cc(-c3ccccn3)nc(-c3cccc(-c4nc(-c5ccccc5)nc(-c5ccccc5)n4)n3)c2)cc1. The molecule has 0 saturated carbocycles. The van der Waals surface area contributed by atoms with E-state index in [1.54, 1.807) is 6.20 Å². The van der Waals surface area contributed by atoms with Gasteiger partial charge in [0.15, 0.2) is 17.5 Å². The highest BCUT2D eigenvalue weighted by Gasteiger charge is 2.15. The maximum Gasteiger partial charge on any atom is 0.182 e. The van der Waals surface area contributed by atoms with Crippen molar-refractivity contribution in [2.75, 3.05) is 0 Å². The van der Waals surface area contributed by atoms with Crippen molar-refractivity contribution in [3.8, 4) is 68.2 Å². The number of nitrogens with zero attached hydrogens (tertiary/aromatic N) is 6. The van der Waals surface area contributed by atoms with Crippen LogP contribution in [0.25, 0.3) is 68.2 Å². The molecule has 6 nitrogen and oxygen atoms in total. The van der Waals surface area contributed by atoms with Crippen LogP contribution in [0.5, 0.6) is 0 Å². The van der Waals surface area contributed by atoms with E-state index in [9.17, 15) is 0 Å². The second-order valence-electron chi connectivity index (χ2n) is 9.65. The van der Waals surface area contributed by atoms with E-state index in [0.29, 0.717) is 28.9 Å². The maximum atomic E-state index is 5.02. The smallest absolute Gasteiger partial charge is 0.182 e. The van der Waals surface area contributed by atoms with Crippen molar-refractivity contribution in [3.63, 3.8) is 0 Å². The normalized spacial score (nSPS) is 10.9. The predicted molar refractivity (Wildman–Crippen MR) is 166 cm³/mol. The second kappa shape index (κ2) is 11.3. The van der Waals surface area contributed by atoms with Crippen molar-refractivity contribution < 1.29 is 0 Å². The van der Waals surface area contributed by atoms with Crippen LogP contribution in [0.2, 0.25) is 0 Å². The van der Waals surface area contributed by atoms with Gasteiger partial charge < -0.3 is 0 Å². The van der Waals surface area contributed by atoms with Gasteiger partial charge in [-0.3, -0.25) is 4.98 Å². The van der Waals surface area contributed by atoms with Gasteiger partial charge in [0.05, 0.1) is 22.8 Å². The number of rotatable bonds is 6. The Hall–Kier alpha value is -5.88. The number of aromatic nitrogens is 6. The largest absolute Gasteiger partial charge is 0.255 e. The minimum Gasteiger partial charge on any atom is -0.255 e. The molecule has 0 unspecified atom stereocenters. The summed E-state index contributed by atoms with van der Waals surface area (Å²) in [4.78, 5) is 29.1. The monoisotopic (exact) mass is 540 g/mol. The molecule has 0 amide bonds. The third-order valence-corrected chi connectivity index (χ3v) is 6.80. The van der Waals surface area contributed by atoms with Gasteiger partial charge in [-0.05, 0) is 47.5 Å². The molecule has 0 spiro atoms. The van der Waals surface area contributed by atoms with Crippen LogP contribution >= 0.6 is 0 Å². The number of hydrogen-bond donors (Lipinski definition) is 0. The Morgan fingerprint density at radius 3 is 1.36 bits per heavy atom. The average Bonchev–Trinajstić information content (AvgIpc) is 3.09. The van der Waals surface area contributed by atoms with E-state index in [1.165, 1.54) is 0 Å². The molecule has 6 heteroatoms. The van der Waals surface area contributed by atoms with Gasteiger partial charge in [0.25, 0.3) is 0 Å². The molecule has 0 saturated heterocycles. The second-order valence-corrected chi connectivity index (χ2v) is 9.65. The van der Waals surface area contributed by atoms with E-state index in [0.717, 1.165) is 39.3 Å². The van der Waals surface area contributed by atoms with Crippen molar-refractivity contribution in [1.29, 1.82) is 0 Å². The summed E-state index contributed by atoms with van der Waals surface area (Å²) in [5.41, 5.74) is 7.60. The predicted octanol–water partition coefficient (Wildman–Crippen LogP) is 8.06. The zero-order chi connectivity index (χ0) is 28.1. The number of pyridine rings is 3. The third-order valence-electron chi connectivity index (χ3n) is 6.80. The van der Waals surface area contributed by atoms with Crippen LogP contribution in [0.1, 0.15) is 0 Å². The maximum absolute atomic E-state index is 5.02. The lowest BCUT2D eigenvalue weighted by molar-refractivity contribution is 1.06. The van der Waals surface area contributed by atoms with Crippen LogP contribution in [-0.4, -0.2) is 29.9 Å². The highest BCUT2D eigenvalue weighted by Crippen LogP contribution is 2.30. The summed E-state index contributed by atoms with van der Waals surface area (Å²) in [5, 5.41) is 0. The molecule has 0 bridgehead atoms. The van der Waals surface area contributed by atoms with Crippen LogP contribution in [-0.2, 0) is 0 Å². The zero-order valence-electron chi connectivity index (χ0n) is 22.5. The molecule has 0 aliphatic rings. The van der Waals surface area contributed by atoms with E-state index in [1.807, 2.05) is 115 Å². The zero-order valence-corrected chi connectivity index (χ0v) is 22.5. The van der Waals surface area contributed by atoms with E-state index in [-0.39, 0.29) is 0 Å². The summed E-state index contributed by atoms with van der Waals surface area (Å²) in [6.45, 7) is 0. The van der Waals surface area contributed by atoms with Crippen LogP contribution in [0.3, 0.4) is 0 Å². The van der Waals surface area contributed by atoms with Gasteiger partial charge in [0.2, 0.25) is 0 Å². The molecule has 4 aromatic heterocycles. The van der Waals surface area contributed by atoms with Crippen molar-refractivity contribution in [3.05, 3.63) is 146 Å². The Labute approximate surface area is 243 Å². The molecular weight excluding hydrogens is 516 g/mol. The quantitative estimate of drug-likeness (QED) is 0.212. The van der Waals surface area contributed by atoms with Gasteiger partial charge in [-0.25, -0.2) is 24.9 Å². The first-order valence-electron chi connectivity index (χ1n) is 13.6. The summed E-state index contributed by atoms with van der Waals surface area (Å²) in [7, 11) is 0. The molecule has 0 N–H and O–H groups in total. The first-order chi connectivity index (χ1) is 20.8. The number of benzene rings is 3. The topological polar surface area (TPSA) is 77.3 Å². The highest BCUT2D eigenvalue weighted by molar-refractivity contribution is 5.75. The summed E-state index contributed by atoms with van der Waals surface area (Å²) < 4.78 is 0. The van der Waals surface area contributed by atoms with E-state index >= 15 is 0 Å². The molecule has 4 heterocycles. The van der Waals surface area contributed by atoms with E-state index in [2.05, 4.69) is 29.2 Å². The van der Waals surface area contributed by atoms with Gasteiger partial charge in [0, 0.05) is 17.3 Å². The molecular formula is C36H24N6. The Balaban J connectivity index is 1.37. The Morgan fingerprint density at radius 2 is 0.762 bits per heavy atom. The van der Waals surface area contributed by atoms with E-state index in [4.69, 9.17) is 24.9 Å². The molecule has 7 aromatic rings. The molecule has 7 rings (SSSR count). The average molecular weight is 541 g/mol. The highest BCUT2D eigenvalue weighted by atomic mass is 15.0. The standard InChI is InChI=1S/C36H24N6/c1-4-13-25(14-5-1)28-23-32(29-19-10-11-22-37-29)39-33(24-28)30-20-12-21-31(38-30)36-41-34(26-15-6-2-7-16-26)40-35(42-36)27-17-8-3-9-18-27/h1-24H. The van der Waals surface area contributed by atoms with Crippen molar-refractivity contribution in [2.45, 2.75) is 0 Å². The minimum atomic E-state index is 0.494. The summed E-state index contributed by atoms with van der Waals surface area (Å²) >= 11 is 0. The van der Waals surface area contributed by atoms with Crippen LogP contribution < -0.4 is 0 Å². The first-order valence-corrected chi connectivity index (χ1v) is 13.6. The lowest BCUT2D eigenvalue weighted by Gasteiger charge is -2.11. The fourth-order valence-corrected chi connectivity index (χ4v) is 4.73. The van der Waals surface area contributed by atoms with Crippen LogP contribution in [0, 0.1) is 0 Å². The van der Waals surface area contributed by atoms with Crippen molar-refractivity contribution in [1.82, 2.24) is 29.9 Å². The first kappa shape index (κ1) is 25.1. The lowest BCUT2D eigenvalue weighted by Crippen LogP contribution is -2.02. The summed E-state index contributed by atoms with van der Waals surface area (Å²) in [6.07, 6.45) is 1.78. The summed E-state index contributed by atoms with van der Waals surface area (Å²) in [6, 6.07) is 45.9.